The van der Waals surface area contributed by atoms with Crippen molar-refractivity contribution in [1.29, 1.82) is 0 Å². The number of carboxylic acid groups (broad SMARTS) is 1. The number of carbonyl (C=O) groups is 1. The van der Waals surface area contributed by atoms with Gasteiger partial charge in [0.25, 0.3) is 0 Å². The Bertz CT molecular complexity index is 136. The van der Waals surface area contributed by atoms with E-state index in [1.807, 2.05) is 0 Å². The van der Waals surface area contributed by atoms with Gasteiger partial charge in [0.05, 0.1) is 19.3 Å². The highest BCUT2D eigenvalue weighted by Gasteiger charge is 2.32. The zero-order chi connectivity index (χ0) is 7.56. The Labute approximate surface area is 57.6 Å². The molecule has 1 saturated heterocycles. The van der Waals surface area contributed by atoms with Crippen molar-refractivity contribution in [3.05, 3.63) is 0 Å². The quantitative estimate of drug-likeness (QED) is 0.468. The van der Waals surface area contributed by atoms with Crippen LogP contribution in [0.5, 0.6) is 0 Å². The molecule has 0 saturated carbocycles. The Morgan fingerprint density at radius 2 is 2.50 bits per heavy atom. The Kier molecular flexibility index (Phi) is 2.08. The molecule has 0 radical (unpaired) electrons. The number of hydrogen-bond acceptors (Lipinski definition) is 3. The average Bonchev–Trinajstić information content (AvgIpc) is 1.82. The van der Waals surface area contributed by atoms with Crippen molar-refractivity contribution in [2.24, 2.45) is 0 Å². The summed E-state index contributed by atoms with van der Waals surface area (Å²) >= 11 is 0. The number of amides is 1. The molecule has 0 spiro atoms. The average molecular weight is 147 g/mol. The fourth-order valence-electron chi connectivity index (χ4n) is 0.802. The molecule has 2 atom stereocenters. The van der Waals surface area contributed by atoms with Crippen molar-refractivity contribution in [1.82, 2.24) is 5.32 Å². The highest BCUT2D eigenvalue weighted by atomic mass is 16.5. The van der Waals surface area contributed by atoms with Crippen LogP contribution in [0.15, 0.2) is 0 Å². The molecule has 3 N–H and O–H groups in total. The van der Waals surface area contributed by atoms with E-state index in [0.29, 0.717) is 6.61 Å². The number of ether oxygens (including phenoxy) is 1. The highest BCUT2D eigenvalue weighted by molar-refractivity contribution is 5.65. The van der Waals surface area contributed by atoms with Crippen molar-refractivity contribution in [3.63, 3.8) is 0 Å². The zero-order valence-electron chi connectivity index (χ0n) is 5.28. The van der Waals surface area contributed by atoms with Crippen molar-refractivity contribution < 1.29 is 19.7 Å². The van der Waals surface area contributed by atoms with Crippen LogP contribution in [-0.2, 0) is 4.74 Å². The van der Waals surface area contributed by atoms with Crippen molar-refractivity contribution in [2.75, 3.05) is 13.2 Å². The molecule has 0 aliphatic carbocycles. The Balaban J connectivity index is 2.23. The molecule has 0 unspecified atom stereocenters. The Morgan fingerprint density at radius 3 is 2.80 bits per heavy atom. The van der Waals surface area contributed by atoms with Gasteiger partial charge in [-0.25, -0.2) is 4.79 Å². The molecule has 0 aromatic rings. The molecular formula is C5H9NO4. The summed E-state index contributed by atoms with van der Waals surface area (Å²) in [6.07, 6.45) is -1.43. The number of aliphatic hydroxyl groups is 1. The van der Waals surface area contributed by atoms with E-state index in [4.69, 9.17) is 14.9 Å². The molecule has 1 aliphatic rings. The van der Waals surface area contributed by atoms with E-state index >= 15 is 0 Å². The van der Waals surface area contributed by atoms with Crippen molar-refractivity contribution >= 4 is 6.09 Å². The van der Waals surface area contributed by atoms with Crippen molar-refractivity contribution in [3.8, 4) is 0 Å². The van der Waals surface area contributed by atoms with Gasteiger partial charge in [0.15, 0.2) is 0 Å². The first-order chi connectivity index (χ1) is 4.74. The van der Waals surface area contributed by atoms with Gasteiger partial charge in [0.1, 0.15) is 6.10 Å². The molecule has 0 aromatic carbocycles. The molecule has 5 nitrogen and oxygen atoms in total. The second-order valence-corrected chi connectivity index (χ2v) is 2.11. The van der Waals surface area contributed by atoms with E-state index in [2.05, 4.69) is 5.32 Å². The maximum absolute atomic E-state index is 10.0. The maximum atomic E-state index is 10.0. The summed E-state index contributed by atoms with van der Waals surface area (Å²) < 4.78 is 4.82. The summed E-state index contributed by atoms with van der Waals surface area (Å²) in [4.78, 5) is 10.0. The molecule has 1 rings (SSSR count). The molecule has 0 aromatic heterocycles. The molecule has 1 fully saturated rings. The van der Waals surface area contributed by atoms with Crippen LogP contribution in [0.3, 0.4) is 0 Å². The monoisotopic (exact) mass is 147 g/mol. The van der Waals surface area contributed by atoms with Crippen LogP contribution in [0.4, 0.5) is 4.79 Å². The first kappa shape index (κ1) is 7.30. The van der Waals surface area contributed by atoms with Crippen molar-refractivity contribution in [2.45, 2.75) is 12.1 Å². The molecule has 1 aliphatic heterocycles. The van der Waals surface area contributed by atoms with Crippen LogP contribution in [0, 0.1) is 0 Å². The van der Waals surface area contributed by atoms with Gasteiger partial charge in [-0.2, -0.15) is 0 Å². The third-order valence-corrected chi connectivity index (χ3v) is 1.43. The summed E-state index contributed by atoms with van der Waals surface area (Å²) in [6, 6.07) is -0.234. The van der Waals surface area contributed by atoms with E-state index in [-0.39, 0.29) is 18.8 Å². The van der Waals surface area contributed by atoms with E-state index < -0.39 is 6.09 Å². The first-order valence-corrected chi connectivity index (χ1v) is 2.96. The van der Waals surface area contributed by atoms with E-state index in [9.17, 15) is 4.79 Å². The molecule has 58 valence electrons. The van der Waals surface area contributed by atoms with Gasteiger partial charge in [0.2, 0.25) is 0 Å². The summed E-state index contributed by atoms with van der Waals surface area (Å²) in [5, 5.41) is 18.9. The van der Waals surface area contributed by atoms with Gasteiger partial charge in [-0.3, -0.25) is 0 Å². The van der Waals surface area contributed by atoms with Gasteiger partial charge in [-0.15, -0.1) is 0 Å². The standard InChI is InChI=1S/C5H9NO4/c7-1-4-3(2-10-4)6-5(8)9/h3-4,6-7H,1-2H2,(H,8,9)/t3-,4-/m1/s1. The minimum atomic E-state index is -1.08. The maximum Gasteiger partial charge on any atom is 0.405 e. The van der Waals surface area contributed by atoms with Crippen LogP contribution in [-0.4, -0.2) is 41.7 Å². The molecule has 1 amide bonds. The lowest BCUT2D eigenvalue weighted by Gasteiger charge is -2.34. The minimum absolute atomic E-state index is 0.134. The van der Waals surface area contributed by atoms with Crippen LogP contribution < -0.4 is 5.32 Å². The predicted molar refractivity (Wildman–Crippen MR) is 31.8 cm³/mol. The van der Waals surface area contributed by atoms with Gasteiger partial charge in [-0.1, -0.05) is 0 Å². The van der Waals surface area contributed by atoms with Gasteiger partial charge < -0.3 is 20.3 Å². The number of rotatable bonds is 2. The lowest BCUT2D eigenvalue weighted by molar-refractivity contribution is -0.107. The van der Waals surface area contributed by atoms with Crippen LogP contribution >= 0.6 is 0 Å². The molecule has 10 heavy (non-hydrogen) atoms. The Hall–Kier alpha value is -0.810. The number of hydrogen-bond donors (Lipinski definition) is 3. The van der Waals surface area contributed by atoms with E-state index in [1.165, 1.54) is 0 Å². The fraction of sp³-hybridized carbons (Fsp3) is 0.800. The topological polar surface area (TPSA) is 78.8 Å². The molecule has 0 bridgehead atoms. The summed E-state index contributed by atoms with van der Waals surface area (Å²) in [5.41, 5.74) is 0. The van der Waals surface area contributed by atoms with Gasteiger partial charge in [0, 0.05) is 0 Å². The smallest absolute Gasteiger partial charge is 0.405 e. The predicted octanol–water partition coefficient (Wildman–Crippen LogP) is -0.986. The lowest BCUT2D eigenvalue weighted by Crippen LogP contribution is -2.57. The molecule has 5 heteroatoms. The second-order valence-electron chi connectivity index (χ2n) is 2.11. The fourth-order valence-corrected chi connectivity index (χ4v) is 0.802. The summed E-state index contributed by atoms with van der Waals surface area (Å²) in [5.74, 6) is 0. The highest BCUT2D eigenvalue weighted by Crippen LogP contribution is 2.10. The number of nitrogens with one attached hydrogen (secondary N) is 1. The summed E-state index contributed by atoms with van der Waals surface area (Å²) in [7, 11) is 0. The van der Waals surface area contributed by atoms with Gasteiger partial charge in [-0.05, 0) is 0 Å². The largest absolute Gasteiger partial charge is 0.465 e. The van der Waals surface area contributed by atoms with Crippen LogP contribution in [0.2, 0.25) is 0 Å². The lowest BCUT2D eigenvalue weighted by atomic mass is 10.1. The molecular weight excluding hydrogens is 138 g/mol. The van der Waals surface area contributed by atoms with Crippen LogP contribution in [0.1, 0.15) is 0 Å². The minimum Gasteiger partial charge on any atom is -0.465 e. The van der Waals surface area contributed by atoms with Crippen LogP contribution in [0.25, 0.3) is 0 Å². The SMILES string of the molecule is O=C(O)N[C@@H]1CO[C@@H]1CO. The Morgan fingerprint density at radius 1 is 1.80 bits per heavy atom. The van der Waals surface area contributed by atoms with E-state index in [1.54, 1.807) is 0 Å². The van der Waals surface area contributed by atoms with E-state index in [0.717, 1.165) is 0 Å². The third kappa shape index (κ3) is 1.37. The summed E-state index contributed by atoms with van der Waals surface area (Å²) in [6.45, 7) is 0.225. The second kappa shape index (κ2) is 2.85. The third-order valence-electron chi connectivity index (χ3n) is 1.43. The zero-order valence-corrected chi connectivity index (χ0v) is 5.28. The number of aliphatic hydroxyl groups excluding tert-OH is 1. The first-order valence-electron chi connectivity index (χ1n) is 2.96. The molecule has 1 heterocycles. The normalized spacial score (nSPS) is 30.9. The van der Waals surface area contributed by atoms with Gasteiger partial charge >= 0.3 is 6.09 Å².